The number of aliphatic carboxylic acids is 1. The maximum Gasteiger partial charge on any atom is 0.352 e. The van der Waals surface area contributed by atoms with Gasteiger partial charge in [-0.15, -0.1) is 16.9 Å². The van der Waals surface area contributed by atoms with E-state index in [1.807, 2.05) is 13.8 Å². The lowest BCUT2D eigenvalue weighted by molar-refractivity contribution is -0.150. The molecule has 236 valence electrons. The van der Waals surface area contributed by atoms with E-state index in [0.29, 0.717) is 16.4 Å². The van der Waals surface area contributed by atoms with Crippen LogP contribution in [0.5, 0.6) is 5.75 Å². The van der Waals surface area contributed by atoms with E-state index in [4.69, 9.17) is 0 Å². The molecule has 4 heterocycles. The molecular weight excluding hydrogens is 628 g/mol. The number of carbonyl (C=O) groups excluding carboxylic acids is 3. The number of hydrogen-bond donors (Lipinski definition) is 8. The normalized spacial score (nSPS) is 18.1. The van der Waals surface area contributed by atoms with Crippen LogP contribution in [0.2, 0.25) is 0 Å². The van der Waals surface area contributed by atoms with Gasteiger partial charge in [0.15, 0.2) is 0 Å². The van der Waals surface area contributed by atoms with Crippen molar-refractivity contribution in [2.75, 3.05) is 22.1 Å². The number of β-lactam (4-membered cyclic amide) rings is 1. The van der Waals surface area contributed by atoms with Gasteiger partial charge in [-0.25, -0.2) is 14.6 Å². The minimum Gasteiger partial charge on any atom is -0.508 e. The molecule has 2 aliphatic heterocycles. The standard InChI is InChI=1S/C26H28N10O7S2/c1-11(2)29-25-27-7-15(20(38)33-25)30-26(43)32-17(12-3-5-14(37)6-4-12)21(39)31-18-22(40)36-19(24(41)42)13(10-45-23(18)36)9-44-16-8-28-35-34-16/h3-8,11,17-18,23,37H,9-10H2,1-2H3,(H,31,39)(H,41,42)(H,28,34,35)(H2,30,32,43)(H2,27,29,33,38)/t17-,18?,23-/m1/s1. The number of amides is 4. The predicted molar refractivity (Wildman–Crippen MR) is 163 cm³/mol. The first-order valence-corrected chi connectivity index (χ1v) is 15.5. The number of phenolic OH excluding ortho intramolecular Hbond substituents is 1. The number of aromatic hydroxyl groups is 1. The van der Waals surface area contributed by atoms with Crippen LogP contribution in [0.25, 0.3) is 0 Å². The first kappa shape index (κ1) is 31.4. The SMILES string of the molecule is CC(C)Nc1ncc(NC(=O)N[C@@H](C(=O)NC2C(=O)N3C(C(=O)O)=C(CSc4cn[nH]n4)CS[C@H]23)c2ccc(O)cc2)c(=O)[nH]1. The molecule has 0 radical (unpaired) electrons. The van der Waals surface area contributed by atoms with Crippen LogP contribution < -0.4 is 26.8 Å². The lowest BCUT2D eigenvalue weighted by Gasteiger charge is -2.49. The number of benzene rings is 1. The highest BCUT2D eigenvalue weighted by molar-refractivity contribution is 8.01. The molecule has 45 heavy (non-hydrogen) atoms. The highest BCUT2D eigenvalue weighted by atomic mass is 32.2. The Hall–Kier alpha value is -5.04. The molecule has 1 saturated heterocycles. The third kappa shape index (κ3) is 7.04. The van der Waals surface area contributed by atoms with Gasteiger partial charge in [-0.3, -0.25) is 24.3 Å². The predicted octanol–water partition coefficient (Wildman–Crippen LogP) is 0.808. The number of thioether (sulfide) groups is 2. The first-order chi connectivity index (χ1) is 21.5. The summed E-state index contributed by atoms with van der Waals surface area (Å²) in [7, 11) is 0. The minimum absolute atomic E-state index is 0.000489. The lowest BCUT2D eigenvalue weighted by atomic mass is 10.0. The number of rotatable bonds is 11. The number of hydrogen-bond acceptors (Lipinski definition) is 12. The summed E-state index contributed by atoms with van der Waals surface area (Å²) in [5.41, 5.74) is -0.175. The second kappa shape index (κ2) is 13.3. The highest BCUT2D eigenvalue weighted by Gasteiger charge is 2.54. The van der Waals surface area contributed by atoms with Crippen molar-refractivity contribution >= 4 is 59.0 Å². The summed E-state index contributed by atoms with van der Waals surface area (Å²) in [5.74, 6) is -1.97. The minimum atomic E-state index is -1.36. The highest BCUT2D eigenvalue weighted by Crippen LogP contribution is 2.41. The number of carboxylic acid groups (broad SMARTS) is 1. The number of nitrogens with one attached hydrogen (secondary N) is 6. The third-order valence-corrected chi connectivity index (χ3v) is 8.90. The maximum atomic E-state index is 13.5. The molecule has 1 unspecified atom stereocenters. The van der Waals surface area contributed by atoms with E-state index in [0.717, 1.165) is 11.1 Å². The van der Waals surface area contributed by atoms with Gasteiger partial charge in [-0.1, -0.05) is 23.9 Å². The number of aromatic amines is 2. The molecule has 0 aliphatic carbocycles. The number of H-pyrrole nitrogens is 2. The van der Waals surface area contributed by atoms with Crippen LogP contribution in [-0.4, -0.2) is 93.3 Å². The Morgan fingerprint density at radius 1 is 1.18 bits per heavy atom. The van der Waals surface area contributed by atoms with E-state index in [2.05, 4.69) is 46.6 Å². The van der Waals surface area contributed by atoms with Crippen molar-refractivity contribution in [3.63, 3.8) is 0 Å². The number of carboxylic acids is 1. The van der Waals surface area contributed by atoms with Crippen molar-refractivity contribution in [2.45, 2.75) is 42.4 Å². The number of urea groups is 1. The zero-order valence-corrected chi connectivity index (χ0v) is 25.4. The molecule has 1 aromatic carbocycles. The Kier molecular flexibility index (Phi) is 9.28. The van der Waals surface area contributed by atoms with Crippen LogP contribution in [0.1, 0.15) is 25.5 Å². The summed E-state index contributed by atoms with van der Waals surface area (Å²) in [4.78, 5) is 72.0. The van der Waals surface area contributed by atoms with Crippen molar-refractivity contribution in [2.24, 2.45) is 0 Å². The van der Waals surface area contributed by atoms with Crippen molar-refractivity contribution in [1.29, 1.82) is 0 Å². The largest absolute Gasteiger partial charge is 0.508 e. The quantitative estimate of drug-likeness (QED) is 0.105. The van der Waals surface area contributed by atoms with Crippen molar-refractivity contribution < 1.29 is 29.4 Å². The molecule has 3 atom stereocenters. The van der Waals surface area contributed by atoms with Gasteiger partial charge in [-0.05, 0) is 37.1 Å². The lowest BCUT2D eigenvalue weighted by Crippen LogP contribution is -2.71. The molecular formula is C26H28N10O7S2. The molecule has 19 heteroatoms. The summed E-state index contributed by atoms with van der Waals surface area (Å²) < 4.78 is 0. The maximum absolute atomic E-state index is 13.5. The van der Waals surface area contributed by atoms with Crippen LogP contribution in [0.15, 0.2) is 57.7 Å². The van der Waals surface area contributed by atoms with Gasteiger partial charge in [0.05, 0.1) is 12.4 Å². The molecule has 3 aromatic rings. The van der Waals surface area contributed by atoms with Gasteiger partial charge in [0.2, 0.25) is 11.9 Å². The fourth-order valence-electron chi connectivity index (χ4n) is 4.54. The van der Waals surface area contributed by atoms with Gasteiger partial charge in [0, 0.05) is 17.5 Å². The average molecular weight is 657 g/mol. The monoisotopic (exact) mass is 656 g/mol. The Bertz CT molecular complexity index is 1690. The number of fused-ring (bicyclic) bond motifs is 1. The number of aromatic nitrogens is 5. The first-order valence-electron chi connectivity index (χ1n) is 13.4. The summed E-state index contributed by atoms with van der Waals surface area (Å²) in [6, 6.07) is 2.11. The van der Waals surface area contributed by atoms with Crippen LogP contribution >= 0.6 is 23.5 Å². The van der Waals surface area contributed by atoms with Gasteiger partial charge in [0.25, 0.3) is 11.5 Å². The molecule has 0 saturated carbocycles. The molecule has 17 nitrogen and oxygen atoms in total. The van der Waals surface area contributed by atoms with Crippen LogP contribution in [0, 0.1) is 0 Å². The second-order valence-electron chi connectivity index (χ2n) is 10.1. The molecule has 2 aliphatic rings. The Labute approximate surface area is 263 Å². The smallest absolute Gasteiger partial charge is 0.352 e. The summed E-state index contributed by atoms with van der Waals surface area (Å²) in [5, 5.41) is 40.1. The molecule has 0 spiro atoms. The van der Waals surface area contributed by atoms with Gasteiger partial charge in [0.1, 0.15) is 39.6 Å². The van der Waals surface area contributed by atoms with Crippen LogP contribution in [0.4, 0.5) is 16.4 Å². The van der Waals surface area contributed by atoms with E-state index in [1.165, 1.54) is 54.0 Å². The Balaban J connectivity index is 1.29. The van der Waals surface area contributed by atoms with Crippen molar-refractivity contribution in [1.82, 2.24) is 40.9 Å². The van der Waals surface area contributed by atoms with Gasteiger partial charge in [-0.2, -0.15) is 10.3 Å². The average Bonchev–Trinajstić information content (AvgIpc) is 3.52. The van der Waals surface area contributed by atoms with E-state index >= 15 is 0 Å². The zero-order valence-electron chi connectivity index (χ0n) is 23.7. The number of carbonyl (C=O) groups is 4. The van der Waals surface area contributed by atoms with E-state index < -0.39 is 46.8 Å². The third-order valence-electron chi connectivity index (χ3n) is 6.57. The summed E-state index contributed by atoms with van der Waals surface area (Å²) >= 11 is 2.56. The van der Waals surface area contributed by atoms with Gasteiger partial charge >= 0.3 is 12.0 Å². The Morgan fingerprint density at radius 2 is 1.93 bits per heavy atom. The molecule has 0 bridgehead atoms. The second-order valence-corrected chi connectivity index (χ2v) is 12.2. The fourth-order valence-corrected chi connectivity index (χ4v) is 6.81. The number of phenols is 1. The molecule has 2 aromatic heterocycles. The summed E-state index contributed by atoms with van der Waals surface area (Å²) in [6.45, 7) is 3.71. The van der Waals surface area contributed by atoms with Crippen molar-refractivity contribution in [3.8, 4) is 5.75 Å². The van der Waals surface area contributed by atoms with Gasteiger partial charge < -0.3 is 31.5 Å². The van der Waals surface area contributed by atoms with Crippen LogP contribution in [-0.2, 0) is 14.4 Å². The topological polar surface area (TPSA) is 247 Å². The zero-order chi connectivity index (χ0) is 32.2. The molecule has 5 rings (SSSR count). The Morgan fingerprint density at radius 3 is 2.58 bits per heavy atom. The van der Waals surface area contributed by atoms with E-state index in [-0.39, 0.29) is 40.4 Å². The molecule has 8 N–H and O–H groups in total. The van der Waals surface area contributed by atoms with Crippen molar-refractivity contribution in [3.05, 3.63) is 63.8 Å². The van der Waals surface area contributed by atoms with E-state index in [1.54, 1.807) is 0 Å². The molecule has 1 fully saturated rings. The molecule has 4 amide bonds. The number of anilines is 2. The number of nitrogens with zero attached hydrogens (tertiary/aromatic N) is 4. The van der Waals surface area contributed by atoms with E-state index in [9.17, 15) is 34.2 Å². The van der Waals surface area contributed by atoms with Crippen LogP contribution in [0.3, 0.4) is 0 Å². The fraction of sp³-hybridized carbons (Fsp3) is 0.308. The summed E-state index contributed by atoms with van der Waals surface area (Å²) in [6.07, 6.45) is 2.66.